The van der Waals surface area contributed by atoms with Crippen molar-refractivity contribution >= 4 is 29.9 Å². The maximum absolute atomic E-state index is 11.9. The molecule has 6 heteroatoms. The van der Waals surface area contributed by atoms with Gasteiger partial charge in [-0.1, -0.05) is 12.1 Å². The summed E-state index contributed by atoms with van der Waals surface area (Å²) in [6.45, 7) is 2.33. The molecule has 5 nitrogen and oxygen atoms in total. The Bertz CT molecular complexity index is 559. The SMILES string of the molecule is Cl.O=C(CC1CCCN1)NCc1cccc(N2CCCC2=O)c1. The fraction of sp³-hybridized carbons (Fsp3) is 0.529. The van der Waals surface area contributed by atoms with Crippen molar-refractivity contribution in [3.63, 3.8) is 0 Å². The summed E-state index contributed by atoms with van der Waals surface area (Å²) >= 11 is 0. The molecule has 1 unspecified atom stereocenters. The summed E-state index contributed by atoms with van der Waals surface area (Å²) in [6, 6.07) is 8.21. The summed E-state index contributed by atoms with van der Waals surface area (Å²) in [5.41, 5.74) is 1.97. The highest BCUT2D eigenvalue weighted by Crippen LogP contribution is 2.22. The number of rotatable bonds is 5. The van der Waals surface area contributed by atoms with Gasteiger partial charge in [-0.3, -0.25) is 9.59 Å². The molecular formula is C17H24ClN3O2. The van der Waals surface area contributed by atoms with Crippen LogP contribution in [-0.2, 0) is 16.1 Å². The first-order valence-corrected chi connectivity index (χ1v) is 8.12. The van der Waals surface area contributed by atoms with E-state index in [0.29, 0.717) is 25.4 Å². The van der Waals surface area contributed by atoms with E-state index >= 15 is 0 Å². The van der Waals surface area contributed by atoms with Crippen LogP contribution in [0.1, 0.15) is 37.7 Å². The number of carbonyl (C=O) groups is 2. The standard InChI is InChI=1S/C17H23N3O2.ClH/c21-16(11-14-5-2-8-18-14)19-12-13-4-1-6-15(10-13)20-9-3-7-17(20)22;/h1,4,6,10,14,18H,2-3,5,7-9,11-12H2,(H,19,21);1H. The van der Waals surface area contributed by atoms with Crippen LogP contribution in [0.15, 0.2) is 24.3 Å². The maximum atomic E-state index is 11.9. The predicted octanol–water partition coefficient (Wildman–Crippen LogP) is 1.99. The molecule has 126 valence electrons. The zero-order chi connectivity index (χ0) is 15.4. The average molecular weight is 338 g/mol. The van der Waals surface area contributed by atoms with Crippen molar-refractivity contribution in [2.45, 2.75) is 44.7 Å². The van der Waals surface area contributed by atoms with Crippen molar-refractivity contribution in [3.05, 3.63) is 29.8 Å². The third-order valence-electron chi connectivity index (χ3n) is 4.38. The van der Waals surface area contributed by atoms with Gasteiger partial charge in [-0.15, -0.1) is 12.4 Å². The summed E-state index contributed by atoms with van der Waals surface area (Å²) < 4.78 is 0. The third-order valence-corrected chi connectivity index (χ3v) is 4.38. The molecule has 3 rings (SSSR count). The first-order chi connectivity index (χ1) is 10.7. The van der Waals surface area contributed by atoms with Crippen molar-refractivity contribution < 1.29 is 9.59 Å². The molecule has 1 aromatic rings. The van der Waals surface area contributed by atoms with Gasteiger partial charge < -0.3 is 15.5 Å². The minimum atomic E-state index is 0. The number of amides is 2. The lowest BCUT2D eigenvalue weighted by atomic mass is 10.1. The smallest absolute Gasteiger partial charge is 0.227 e. The largest absolute Gasteiger partial charge is 0.352 e. The molecule has 2 heterocycles. The average Bonchev–Trinajstić information content (AvgIpc) is 3.17. The zero-order valence-corrected chi connectivity index (χ0v) is 14.0. The topological polar surface area (TPSA) is 61.4 Å². The lowest BCUT2D eigenvalue weighted by Gasteiger charge is -2.17. The molecule has 2 aliphatic heterocycles. The molecule has 23 heavy (non-hydrogen) atoms. The van der Waals surface area contributed by atoms with Crippen molar-refractivity contribution in [2.75, 3.05) is 18.0 Å². The van der Waals surface area contributed by atoms with Crippen LogP contribution in [0.3, 0.4) is 0 Å². The Morgan fingerprint density at radius 1 is 1.35 bits per heavy atom. The van der Waals surface area contributed by atoms with Gasteiger partial charge in [-0.2, -0.15) is 0 Å². The molecule has 0 aliphatic carbocycles. The molecule has 0 radical (unpaired) electrons. The Balaban J connectivity index is 0.00000192. The van der Waals surface area contributed by atoms with Crippen molar-refractivity contribution in [3.8, 4) is 0 Å². The number of anilines is 1. The first-order valence-electron chi connectivity index (χ1n) is 8.12. The third kappa shape index (κ3) is 4.69. The lowest BCUT2D eigenvalue weighted by Crippen LogP contribution is -2.31. The Labute approximate surface area is 143 Å². The lowest BCUT2D eigenvalue weighted by molar-refractivity contribution is -0.121. The van der Waals surface area contributed by atoms with Gasteiger partial charge in [0.25, 0.3) is 0 Å². The highest BCUT2D eigenvalue weighted by Gasteiger charge is 2.21. The Morgan fingerprint density at radius 3 is 2.91 bits per heavy atom. The number of nitrogens with one attached hydrogen (secondary N) is 2. The van der Waals surface area contributed by atoms with Crippen LogP contribution in [0.25, 0.3) is 0 Å². The van der Waals surface area contributed by atoms with Gasteiger partial charge in [0, 0.05) is 37.7 Å². The van der Waals surface area contributed by atoms with E-state index in [9.17, 15) is 9.59 Å². The Kier molecular flexibility index (Phi) is 6.42. The van der Waals surface area contributed by atoms with Crippen LogP contribution in [-0.4, -0.2) is 30.9 Å². The highest BCUT2D eigenvalue weighted by atomic mass is 35.5. The number of nitrogens with zero attached hydrogens (tertiary/aromatic N) is 1. The molecule has 0 bridgehead atoms. The minimum absolute atomic E-state index is 0. The molecular weight excluding hydrogens is 314 g/mol. The van der Waals surface area contributed by atoms with Crippen LogP contribution in [0.4, 0.5) is 5.69 Å². The Morgan fingerprint density at radius 2 is 2.22 bits per heavy atom. The molecule has 2 fully saturated rings. The van der Waals surface area contributed by atoms with E-state index in [0.717, 1.165) is 43.6 Å². The molecule has 1 atom stereocenters. The van der Waals surface area contributed by atoms with Gasteiger partial charge in [0.2, 0.25) is 11.8 Å². The number of hydrogen-bond acceptors (Lipinski definition) is 3. The quantitative estimate of drug-likeness (QED) is 0.863. The monoisotopic (exact) mass is 337 g/mol. The van der Waals surface area contributed by atoms with Gasteiger partial charge in [0.1, 0.15) is 0 Å². The van der Waals surface area contributed by atoms with Crippen molar-refractivity contribution in [1.82, 2.24) is 10.6 Å². The number of carbonyl (C=O) groups excluding carboxylic acids is 2. The van der Waals surface area contributed by atoms with Crippen molar-refractivity contribution in [1.29, 1.82) is 0 Å². The van der Waals surface area contributed by atoms with E-state index in [1.54, 1.807) is 0 Å². The van der Waals surface area contributed by atoms with E-state index in [4.69, 9.17) is 0 Å². The molecule has 0 spiro atoms. The molecule has 2 saturated heterocycles. The normalized spacial score (nSPS) is 20.4. The van der Waals surface area contributed by atoms with Gasteiger partial charge >= 0.3 is 0 Å². The van der Waals surface area contributed by atoms with Crippen LogP contribution >= 0.6 is 12.4 Å². The second-order valence-corrected chi connectivity index (χ2v) is 6.09. The molecule has 2 aliphatic rings. The highest BCUT2D eigenvalue weighted by molar-refractivity contribution is 5.95. The van der Waals surface area contributed by atoms with Gasteiger partial charge in [-0.05, 0) is 43.5 Å². The minimum Gasteiger partial charge on any atom is -0.352 e. The fourth-order valence-corrected chi connectivity index (χ4v) is 3.18. The summed E-state index contributed by atoms with van der Waals surface area (Å²) in [4.78, 5) is 25.6. The van der Waals surface area contributed by atoms with E-state index in [-0.39, 0.29) is 24.2 Å². The van der Waals surface area contributed by atoms with Crippen LogP contribution in [0, 0.1) is 0 Å². The van der Waals surface area contributed by atoms with Crippen molar-refractivity contribution in [2.24, 2.45) is 0 Å². The van der Waals surface area contributed by atoms with E-state index in [1.165, 1.54) is 0 Å². The summed E-state index contributed by atoms with van der Waals surface area (Å²) in [5, 5.41) is 6.30. The van der Waals surface area contributed by atoms with E-state index < -0.39 is 0 Å². The maximum Gasteiger partial charge on any atom is 0.227 e. The summed E-state index contributed by atoms with van der Waals surface area (Å²) in [5.74, 6) is 0.274. The number of hydrogen-bond donors (Lipinski definition) is 2. The second kappa shape index (κ2) is 8.31. The van der Waals surface area contributed by atoms with Gasteiger partial charge in [0.05, 0.1) is 0 Å². The van der Waals surface area contributed by atoms with Crippen LogP contribution in [0.5, 0.6) is 0 Å². The second-order valence-electron chi connectivity index (χ2n) is 6.09. The molecule has 2 N–H and O–H groups in total. The fourth-order valence-electron chi connectivity index (χ4n) is 3.18. The molecule has 0 aromatic heterocycles. The molecule has 2 amide bonds. The first kappa shape index (κ1) is 17.8. The molecule has 0 saturated carbocycles. The van der Waals surface area contributed by atoms with E-state index in [1.807, 2.05) is 29.2 Å². The number of benzene rings is 1. The van der Waals surface area contributed by atoms with Crippen LogP contribution < -0.4 is 15.5 Å². The summed E-state index contributed by atoms with van der Waals surface area (Å²) in [6.07, 6.45) is 4.34. The van der Waals surface area contributed by atoms with Gasteiger partial charge in [-0.25, -0.2) is 0 Å². The predicted molar refractivity (Wildman–Crippen MR) is 92.8 cm³/mol. The summed E-state index contributed by atoms with van der Waals surface area (Å²) in [7, 11) is 0. The number of halogens is 1. The van der Waals surface area contributed by atoms with Gasteiger partial charge in [0.15, 0.2) is 0 Å². The zero-order valence-electron chi connectivity index (χ0n) is 13.2. The van der Waals surface area contributed by atoms with E-state index in [2.05, 4.69) is 10.6 Å². The Hall–Kier alpha value is -1.59. The molecule has 1 aromatic carbocycles. The van der Waals surface area contributed by atoms with Crippen LogP contribution in [0.2, 0.25) is 0 Å².